The lowest BCUT2D eigenvalue weighted by Crippen LogP contribution is -2.30. The zero-order valence-electron chi connectivity index (χ0n) is 9.36. The summed E-state index contributed by atoms with van der Waals surface area (Å²) in [5, 5.41) is 19.2. The molecule has 0 amide bonds. The van der Waals surface area contributed by atoms with E-state index in [1.165, 1.54) is 6.07 Å². The molecule has 1 aromatic carbocycles. The summed E-state index contributed by atoms with van der Waals surface area (Å²) in [6.45, 7) is 2.12. The van der Waals surface area contributed by atoms with Gasteiger partial charge >= 0.3 is 0 Å². The lowest BCUT2D eigenvalue weighted by molar-refractivity contribution is 0.273. The van der Waals surface area contributed by atoms with Gasteiger partial charge < -0.3 is 15.1 Å². The van der Waals surface area contributed by atoms with Crippen LogP contribution in [0, 0.1) is 0 Å². The molecule has 0 aromatic heterocycles. The third-order valence-corrected chi connectivity index (χ3v) is 3.35. The Balaban J connectivity index is 2.45. The molecule has 2 N–H and O–H groups in total. The molecule has 0 aliphatic heterocycles. The first-order valence-corrected chi connectivity index (χ1v) is 5.22. The van der Waals surface area contributed by atoms with Gasteiger partial charge in [0.25, 0.3) is 0 Å². The first-order chi connectivity index (χ1) is 7.00. The van der Waals surface area contributed by atoms with Crippen molar-refractivity contribution in [2.45, 2.75) is 25.3 Å². The molecule has 0 fully saturated rings. The van der Waals surface area contributed by atoms with Gasteiger partial charge in [-0.1, -0.05) is 6.92 Å². The van der Waals surface area contributed by atoms with Crippen molar-refractivity contribution in [2.24, 2.45) is 0 Å². The van der Waals surface area contributed by atoms with Crippen molar-refractivity contribution in [1.29, 1.82) is 0 Å². The maximum atomic E-state index is 9.80. The third kappa shape index (κ3) is 1.57. The van der Waals surface area contributed by atoms with Crippen LogP contribution < -0.4 is 0 Å². The topological polar surface area (TPSA) is 43.7 Å². The quantitative estimate of drug-likeness (QED) is 0.736. The zero-order valence-corrected chi connectivity index (χ0v) is 9.36. The van der Waals surface area contributed by atoms with Crippen LogP contribution in [0.2, 0.25) is 0 Å². The minimum Gasteiger partial charge on any atom is -0.508 e. The number of hydrogen-bond acceptors (Lipinski definition) is 3. The van der Waals surface area contributed by atoms with Crippen LogP contribution in [-0.4, -0.2) is 35.3 Å². The molecule has 3 heteroatoms. The third-order valence-electron chi connectivity index (χ3n) is 3.35. The fraction of sp³-hybridized carbons (Fsp3) is 0.500. The molecule has 1 aliphatic carbocycles. The van der Waals surface area contributed by atoms with Crippen molar-refractivity contribution in [3.8, 4) is 11.5 Å². The molecule has 0 saturated heterocycles. The van der Waals surface area contributed by atoms with E-state index in [9.17, 15) is 10.2 Å². The van der Waals surface area contributed by atoms with Crippen LogP contribution in [-0.2, 0) is 6.42 Å². The molecule has 2 atom stereocenters. The monoisotopic (exact) mass is 207 g/mol. The van der Waals surface area contributed by atoms with Crippen molar-refractivity contribution in [3.63, 3.8) is 0 Å². The maximum Gasteiger partial charge on any atom is 0.123 e. The average molecular weight is 207 g/mol. The Bertz CT molecular complexity index is 387. The van der Waals surface area contributed by atoms with E-state index in [-0.39, 0.29) is 11.5 Å². The Hall–Kier alpha value is -1.22. The molecule has 0 radical (unpaired) electrons. The highest BCUT2D eigenvalue weighted by Gasteiger charge is 2.33. The van der Waals surface area contributed by atoms with Gasteiger partial charge in [0.15, 0.2) is 0 Å². The first kappa shape index (κ1) is 10.3. The molecular formula is C12H17NO2. The molecule has 1 aromatic rings. The van der Waals surface area contributed by atoms with Crippen molar-refractivity contribution in [3.05, 3.63) is 23.3 Å². The van der Waals surface area contributed by atoms with E-state index in [1.807, 2.05) is 14.1 Å². The second-order valence-corrected chi connectivity index (χ2v) is 4.56. The second-order valence-electron chi connectivity index (χ2n) is 4.56. The van der Waals surface area contributed by atoms with Crippen LogP contribution in [0.3, 0.4) is 0 Å². The fourth-order valence-electron chi connectivity index (χ4n) is 2.60. The number of phenolic OH excluding ortho intramolecular Hbond substituents is 2. The summed E-state index contributed by atoms with van der Waals surface area (Å²) in [5.41, 5.74) is 2.06. The smallest absolute Gasteiger partial charge is 0.123 e. The number of nitrogens with zero attached hydrogens (tertiary/aromatic N) is 1. The Morgan fingerprint density at radius 3 is 2.53 bits per heavy atom. The van der Waals surface area contributed by atoms with Crippen LogP contribution in [0.4, 0.5) is 0 Å². The number of hydrogen-bond donors (Lipinski definition) is 2. The summed E-state index contributed by atoms with van der Waals surface area (Å²) >= 11 is 0. The highest BCUT2D eigenvalue weighted by atomic mass is 16.3. The highest BCUT2D eigenvalue weighted by Crippen LogP contribution is 2.42. The number of phenols is 2. The van der Waals surface area contributed by atoms with Crippen molar-refractivity contribution in [2.75, 3.05) is 14.1 Å². The molecule has 0 heterocycles. The van der Waals surface area contributed by atoms with Gasteiger partial charge in [-0.05, 0) is 32.1 Å². The summed E-state index contributed by atoms with van der Waals surface area (Å²) in [6.07, 6.45) is 0.894. The lowest BCUT2D eigenvalue weighted by atomic mass is 9.99. The van der Waals surface area contributed by atoms with E-state index in [0.29, 0.717) is 12.0 Å². The predicted octanol–water partition coefficient (Wildman–Crippen LogP) is 1.69. The number of fused-ring (bicyclic) bond motifs is 1. The summed E-state index contributed by atoms with van der Waals surface area (Å²) in [6, 6.07) is 3.59. The molecule has 1 aliphatic rings. The van der Waals surface area contributed by atoms with Crippen LogP contribution >= 0.6 is 0 Å². The minimum atomic E-state index is 0.151. The first-order valence-electron chi connectivity index (χ1n) is 5.22. The summed E-state index contributed by atoms with van der Waals surface area (Å²) in [7, 11) is 4.09. The van der Waals surface area contributed by atoms with Crippen molar-refractivity contribution < 1.29 is 10.2 Å². The van der Waals surface area contributed by atoms with Gasteiger partial charge in [-0.25, -0.2) is 0 Å². The Labute approximate surface area is 90.0 Å². The molecule has 3 nitrogen and oxygen atoms in total. The van der Waals surface area contributed by atoms with Gasteiger partial charge in [0.05, 0.1) is 0 Å². The average Bonchev–Trinajstić information content (AvgIpc) is 2.42. The van der Waals surface area contributed by atoms with E-state index in [1.54, 1.807) is 6.07 Å². The summed E-state index contributed by atoms with van der Waals surface area (Å²) in [5.74, 6) is 0.690. The molecule has 0 spiro atoms. The molecule has 82 valence electrons. The second kappa shape index (κ2) is 3.42. The van der Waals surface area contributed by atoms with Gasteiger partial charge in [0.1, 0.15) is 11.5 Å². The summed E-state index contributed by atoms with van der Waals surface area (Å²) in [4.78, 5) is 2.17. The van der Waals surface area contributed by atoms with E-state index >= 15 is 0 Å². The molecule has 2 rings (SSSR count). The van der Waals surface area contributed by atoms with Crippen molar-refractivity contribution >= 4 is 0 Å². The van der Waals surface area contributed by atoms with Gasteiger partial charge in [0.2, 0.25) is 0 Å². The van der Waals surface area contributed by atoms with Gasteiger partial charge in [-0.2, -0.15) is 0 Å². The number of rotatable bonds is 1. The normalized spacial score (nSPS) is 24.5. The Morgan fingerprint density at radius 1 is 1.27 bits per heavy atom. The van der Waals surface area contributed by atoms with E-state index in [4.69, 9.17) is 0 Å². The van der Waals surface area contributed by atoms with E-state index in [0.717, 1.165) is 17.5 Å². The van der Waals surface area contributed by atoms with Gasteiger partial charge in [-0.3, -0.25) is 0 Å². The Kier molecular flexibility index (Phi) is 2.35. The van der Waals surface area contributed by atoms with Crippen LogP contribution in [0.25, 0.3) is 0 Å². The molecular weight excluding hydrogens is 190 g/mol. The maximum absolute atomic E-state index is 9.80. The van der Waals surface area contributed by atoms with Crippen LogP contribution in [0.1, 0.15) is 24.0 Å². The summed E-state index contributed by atoms with van der Waals surface area (Å²) < 4.78 is 0. The highest BCUT2D eigenvalue weighted by molar-refractivity contribution is 5.51. The number of likely N-dealkylation sites (N-methyl/N-ethyl adjacent to an activating group) is 1. The number of benzene rings is 1. The standard InChI is InChI=1S/C12H17NO2/c1-7-10(13(2)3)5-8-4-9(14)6-11(15)12(7)8/h4,6-7,10,14-15H,5H2,1-3H3/t7-,10+/m1/s1. The minimum absolute atomic E-state index is 0.151. The fourth-order valence-corrected chi connectivity index (χ4v) is 2.60. The molecule has 0 saturated carbocycles. The van der Waals surface area contributed by atoms with E-state index < -0.39 is 0 Å². The van der Waals surface area contributed by atoms with Crippen molar-refractivity contribution in [1.82, 2.24) is 4.90 Å². The Morgan fingerprint density at radius 2 is 1.93 bits per heavy atom. The molecule has 0 unspecified atom stereocenters. The van der Waals surface area contributed by atoms with Gasteiger partial charge in [-0.15, -0.1) is 0 Å². The zero-order chi connectivity index (χ0) is 11.2. The lowest BCUT2D eigenvalue weighted by Gasteiger charge is -2.23. The predicted molar refractivity (Wildman–Crippen MR) is 59.4 cm³/mol. The number of aromatic hydroxyl groups is 2. The molecule has 0 bridgehead atoms. The van der Waals surface area contributed by atoms with Gasteiger partial charge in [0, 0.05) is 23.6 Å². The molecule has 15 heavy (non-hydrogen) atoms. The van der Waals surface area contributed by atoms with E-state index in [2.05, 4.69) is 11.8 Å². The SMILES string of the molecule is C[C@H]1c2c(O)cc(O)cc2C[C@@H]1N(C)C. The largest absolute Gasteiger partial charge is 0.508 e. The van der Waals surface area contributed by atoms with Crippen LogP contribution in [0.5, 0.6) is 11.5 Å². The van der Waals surface area contributed by atoms with Crippen LogP contribution in [0.15, 0.2) is 12.1 Å².